The summed E-state index contributed by atoms with van der Waals surface area (Å²) in [6.45, 7) is 1.23. The van der Waals surface area contributed by atoms with Crippen molar-refractivity contribution in [1.82, 2.24) is 5.32 Å². The van der Waals surface area contributed by atoms with E-state index in [1.54, 1.807) is 0 Å². The van der Waals surface area contributed by atoms with Gasteiger partial charge in [-0.3, -0.25) is 4.79 Å². The van der Waals surface area contributed by atoms with Crippen LogP contribution in [0.5, 0.6) is 0 Å². The van der Waals surface area contributed by atoms with Crippen molar-refractivity contribution in [3.8, 4) is 0 Å². The van der Waals surface area contributed by atoms with E-state index in [4.69, 9.17) is 5.73 Å². The zero-order valence-corrected chi connectivity index (χ0v) is 14.6. The van der Waals surface area contributed by atoms with Crippen LogP contribution in [-0.4, -0.2) is 30.5 Å². The number of amides is 1. The van der Waals surface area contributed by atoms with Crippen LogP contribution in [0.2, 0.25) is 0 Å². The number of aldehydes is 1. The lowest BCUT2D eigenvalue weighted by Crippen LogP contribution is -2.39. The van der Waals surface area contributed by atoms with Gasteiger partial charge < -0.3 is 15.8 Å². The van der Waals surface area contributed by atoms with E-state index >= 15 is 0 Å². The molecule has 5 unspecified atom stereocenters. The molecule has 2 aliphatic rings. The maximum atomic E-state index is 12.3. The van der Waals surface area contributed by atoms with Crippen molar-refractivity contribution in [2.75, 3.05) is 13.1 Å². The molecular formula is C16H26N2O2S2. The largest absolute Gasteiger partial charge is 0.355 e. The topological polar surface area (TPSA) is 72.2 Å². The third-order valence-corrected chi connectivity index (χ3v) is 6.11. The molecule has 0 aliphatic heterocycles. The molecule has 124 valence electrons. The van der Waals surface area contributed by atoms with Crippen molar-refractivity contribution in [1.29, 1.82) is 0 Å². The number of rotatable bonds is 5. The monoisotopic (exact) mass is 342 g/mol. The lowest BCUT2D eigenvalue weighted by molar-refractivity contribution is -0.124. The van der Waals surface area contributed by atoms with E-state index in [0.717, 1.165) is 43.3 Å². The highest BCUT2D eigenvalue weighted by atomic mass is 32.1. The summed E-state index contributed by atoms with van der Waals surface area (Å²) in [5, 5.41) is 3.24. The van der Waals surface area contributed by atoms with Gasteiger partial charge in [0.2, 0.25) is 5.91 Å². The van der Waals surface area contributed by atoms with Crippen LogP contribution < -0.4 is 11.1 Å². The van der Waals surface area contributed by atoms with Crippen molar-refractivity contribution >= 4 is 37.5 Å². The summed E-state index contributed by atoms with van der Waals surface area (Å²) < 4.78 is 0. The summed E-state index contributed by atoms with van der Waals surface area (Å²) >= 11 is 9.04. The molecule has 0 aromatic carbocycles. The van der Waals surface area contributed by atoms with Crippen LogP contribution in [0.15, 0.2) is 11.0 Å². The molecule has 2 aliphatic carbocycles. The van der Waals surface area contributed by atoms with Crippen LogP contribution in [0.1, 0.15) is 32.1 Å². The van der Waals surface area contributed by atoms with Crippen LogP contribution in [0, 0.1) is 23.7 Å². The van der Waals surface area contributed by atoms with Crippen molar-refractivity contribution in [2.24, 2.45) is 29.4 Å². The van der Waals surface area contributed by atoms with Crippen LogP contribution in [0.4, 0.5) is 0 Å². The summed E-state index contributed by atoms with van der Waals surface area (Å²) in [6, 6.07) is 0. The normalized spacial score (nSPS) is 35.6. The zero-order chi connectivity index (χ0) is 16.1. The van der Waals surface area contributed by atoms with E-state index < -0.39 is 0 Å². The Balaban J connectivity index is 1.81. The van der Waals surface area contributed by atoms with Gasteiger partial charge in [0.15, 0.2) is 0 Å². The van der Waals surface area contributed by atoms with Crippen molar-refractivity contribution in [3.63, 3.8) is 0 Å². The number of nitrogens with one attached hydrogen (secondary N) is 1. The first-order valence-corrected chi connectivity index (χ1v) is 9.03. The Hall–Kier alpha value is -0.460. The second kappa shape index (κ2) is 8.41. The van der Waals surface area contributed by atoms with Crippen molar-refractivity contribution in [3.05, 3.63) is 11.0 Å². The van der Waals surface area contributed by atoms with E-state index in [2.05, 4.69) is 30.6 Å². The summed E-state index contributed by atoms with van der Waals surface area (Å²) in [5.74, 6) is 0.756. The maximum Gasteiger partial charge on any atom is 0.226 e. The van der Waals surface area contributed by atoms with Gasteiger partial charge in [-0.1, -0.05) is 6.08 Å². The molecule has 6 heteroatoms. The Morgan fingerprint density at radius 2 is 2.14 bits per heavy atom. The molecule has 5 atom stereocenters. The molecule has 0 aromatic heterocycles. The summed E-state index contributed by atoms with van der Waals surface area (Å²) in [5.41, 5.74) is 5.69. The second-order valence-electron chi connectivity index (χ2n) is 6.49. The third kappa shape index (κ3) is 4.52. The molecule has 4 nitrogen and oxygen atoms in total. The predicted octanol–water partition coefficient (Wildman–Crippen LogP) is 1.81. The zero-order valence-electron chi connectivity index (χ0n) is 12.8. The van der Waals surface area contributed by atoms with E-state index in [9.17, 15) is 9.59 Å². The Bertz CT molecular complexity index is 442. The molecular weight excluding hydrogens is 316 g/mol. The Morgan fingerprint density at radius 1 is 1.36 bits per heavy atom. The minimum Gasteiger partial charge on any atom is -0.355 e. The van der Waals surface area contributed by atoms with Crippen molar-refractivity contribution in [2.45, 2.75) is 37.4 Å². The predicted molar refractivity (Wildman–Crippen MR) is 95.0 cm³/mol. The lowest BCUT2D eigenvalue weighted by Gasteiger charge is -2.32. The van der Waals surface area contributed by atoms with Gasteiger partial charge in [-0.2, -0.15) is 12.6 Å². The molecule has 1 saturated carbocycles. The summed E-state index contributed by atoms with van der Waals surface area (Å²) in [7, 11) is 0. The highest BCUT2D eigenvalue weighted by Gasteiger charge is 2.29. The van der Waals surface area contributed by atoms with Gasteiger partial charge in [-0.15, -0.1) is 12.6 Å². The van der Waals surface area contributed by atoms with Gasteiger partial charge in [0, 0.05) is 23.6 Å². The fourth-order valence-electron chi connectivity index (χ4n) is 3.37. The molecule has 1 amide bonds. The molecule has 0 heterocycles. The minimum atomic E-state index is -0.0972. The van der Waals surface area contributed by atoms with Gasteiger partial charge in [-0.25, -0.2) is 0 Å². The van der Waals surface area contributed by atoms with Crippen LogP contribution in [-0.2, 0) is 9.59 Å². The first kappa shape index (κ1) is 17.9. The fraction of sp³-hybridized carbons (Fsp3) is 0.750. The lowest BCUT2D eigenvalue weighted by atomic mass is 9.82. The molecule has 22 heavy (non-hydrogen) atoms. The van der Waals surface area contributed by atoms with Gasteiger partial charge in [-0.05, 0) is 49.5 Å². The Morgan fingerprint density at radius 3 is 2.73 bits per heavy atom. The number of nitrogens with two attached hydrogens (primary N) is 1. The Kier molecular flexibility index (Phi) is 6.84. The van der Waals surface area contributed by atoms with Crippen LogP contribution in [0.3, 0.4) is 0 Å². The number of thiol groups is 2. The SMILES string of the molecule is NCC1CCC(C(=O)NCC2CCC(C=O)CC2S)C=C1S. The number of hydrogen-bond donors (Lipinski definition) is 4. The van der Waals surface area contributed by atoms with Gasteiger partial charge in [0.25, 0.3) is 0 Å². The highest BCUT2D eigenvalue weighted by Crippen LogP contribution is 2.32. The standard InChI is InChI=1S/C16H26N2O2S2/c17-7-12-4-3-11(6-15(12)22)16(20)18-8-13-2-1-10(9-19)5-14(13)21/h6,9-14,21-22H,1-5,7-8,17H2,(H,18,20). The molecule has 0 saturated heterocycles. The average Bonchev–Trinajstić information content (AvgIpc) is 2.53. The molecule has 3 N–H and O–H groups in total. The van der Waals surface area contributed by atoms with E-state index in [1.807, 2.05) is 6.08 Å². The first-order chi connectivity index (χ1) is 10.5. The summed E-state index contributed by atoms with van der Waals surface area (Å²) in [4.78, 5) is 24.1. The van der Waals surface area contributed by atoms with Gasteiger partial charge in [0.05, 0.1) is 5.92 Å². The number of hydrogen-bond acceptors (Lipinski definition) is 5. The van der Waals surface area contributed by atoms with Gasteiger partial charge >= 0.3 is 0 Å². The van der Waals surface area contributed by atoms with E-state index in [0.29, 0.717) is 24.9 Å². The van der Waals surface area contributed by atoms with Crippen LogP contribution >= 0.6 is 25.3 Å². The van der Waals surface area contributed by atoms with E-state index in [1.165, 1.54) is 0 Å². The quantitative estimate of drug-likeness (QED) is 0.455. The minimum absolute atomic E-state index is 0.0695. The fourth-order valence-corrected chi connectivity index (χ4v) is 4.30. The van der Waals surface area contributed by atoms with Crippen molar-refractivity contribution < 1.29 is 9.59 Å². The molecule has 0 bridgehead atoms. The Labute approximate surface area is 143 Å². The number of carbonyl (C=O) groups is 2. The third-order valence-electron chi connectivity index (χ3n) is 4.97. The molecule has 1 fully saturated rings. The molecule has 0 spiro atoms. The first-order valence-electron chi connectivity index (χ1n) is 8.07. The maximum absolute atomic E-state index is 12.3. The van der Waals surface area contributed by atoms with Gasteiger partial charge in [0.1, 0.15) is 6.29 Å². The summed E-state index contributed by atoms with van der Waals surface area (Å²) in [6.07, 6.45) is 7.40. The highest BCUT2D eigenvalue weighted by molar-refractivity contribution is 7.84. The van der Waals surface area contributed by atoms with E-state index in [-0.39, 0.29) is 23.0 Å². The average molecular weight is 343 g/mol. The molecule has 2 rings (SSSR count). The smallest absolute Gasteiger partial charge is 0.226 e. The molecule has 0 radical (unpaired) electrons. The second-order valence-corrected chi connectivity index (χ2v) is 7.67. The number of carbonyl (C=O) groups excluding carboxylic acids is 2. The van der Waals surface area contributed by atoms with Crippen LogP contribution in [0.25, 0.3) is 0 Å². The molecule has 0 aromatic rings.